The summed E-state index contributed by atoms with van der Waals surface area (Å²) in [6.07, 6.45) is 6.62. The van der Waals surface area contributed by atoms with Crippen molar-refractivity contribution in [3.05, 3.63) is 224 Å². The van der Waals surface area contributed by atoms with Crippen molar-refractivity contribution >= 4 is 71.7 Å². The monoisotopic (exact) mass is 740 g/mol. The molecule has 2 heteroatoms. The summed E-state index contributed by atoms with van der Waals surface area (Å²) in [5.74, 6) is 0. The van der Waals surface area contributed by atoms with Crippen LogP contribution in [0.25, 0.3) is 76.9 Å². The highest BCUT2D eigenvalue weighted by Gasteiger charge is 2.20. The maximum absolute atomic E-state index is 2.49. The minimum atomic E-state index is 0.965. The third-order valence-electron chi connectivity index (χ3n) is 11.9. The molecule has 1 aliphatic carbocycles. The predicted octanol–water partition coefficient (Wildman–Crippen LogP) is 15.6. The van der Waals surface area contributed by atoms with Gasteiger partial charge >= 0.3 is 0 Å². The van der Waals surface area contributed by atoms with E-state index in [0.717, 1.165) is 29.9 Å². The molecule has 1 heterocycles. The van der Waals surface area contributed by atoms with Gasteiger partial charge in [0.15, 0.2) is 0 Å². The van der Waals surface area contributed by atoms with Gasteiger partial charge in [-0.25, -0.2) is 0 Å². The van der Waals surface area contributed by atoms with Crippen molar-refractivity contribution < 1.29 is 0 Å². The second-order valence-corrected chi connectivity index (χ2v) is 15.3. The lowest BCUT2D eigenvalue weighted by molar-refractivity contribution is 0.992. The van der Waals surface area contributed by atoms with Crippen LogP contribution >= 0.6 is 0 Å². The van der Waals surface area contributed by atoms with Gasteiger partial charge < -0.3 is 9.47 Å². The smallest absolute Gasteiger partial charge is 0.0544 e. The van der Waals surface area contributed by atoms with Gasteiger partial charge in [-0.05, 0) is 123 Å². The summed E-state index contributed by atoms with van der Waals surface area (Å²) in [6, 6.07) is 75.2. The molecule has 0 saturated heterocycles. The van der Waals surface area contributed by atoms with Crippen molar-refractivity contribution in [2.45, 2.75) is 12.8 Å². The molecule has 10 aromatic rings. The number of nitrogens with zero attached hydrogens (tertiary/aromatic N) is 2. The van der Waals surface area contributed by atoms with Crippen LogP contribution in [-0.2, 0) is 0 Å². The van der Waals surface area contributed by atoms with Crippen molar-refractivity contribution in [3.63, 3.8) is 0 Å². The summed E-state index contributed by atoms with van der Waals surface area (Å²) >= 11 is 0. The van der Waals surface area contributed by atoms with Crippen LogP contribution in [0.3, 0.4) is 0 Å². The topological polar surface area (TPSA) is 8.17 Å². The van der Waals surface area contributed by atoms with E-state index in [0.29, 0.717) is 0 Å². The summed E-state index contributed by atoms with van der Waals surface area (Å²) in [7, 11) is 0. The molecule has 58 heavy (non-hydrogen) atoms. The Labute approximate surface area is 338 Å². The van der Waals surface area contributed by atoms with Crippen LogP contribution in [0.15, 0.2) is 218 Å². The number of fused-ring (bicyclic) bond motifs is 5. The Morgan fingerprint density at radius 3 is 1.69 bits per heavy atom. The zero-order valence-corrected chi connectivity index (χ0v) is 32.1. The highest BCUT2D eigenvalue weighted by atomic mass is 15.1. The molecule has 274 valence electrons. The lowest BCUT2D eigenvalue weighted by Gasteiger charge is -2.28. The van der Waals surface area contributed by atoms with Crippen molar-refractivity contribution in [3.8, 4) is 22.3 Å². The van der Waals surface area contributed by atoms with E-state index in [-0.39, 0.29) is 0 Å². The van der Waals surface area contributed by atoms with Crippen LogP contribution in [-0.4, -0.2) is 4.57 Å². The molecule has 0 bridgehead atoms. The van der Waals surface area contributed by atoms with E-state index in [4.69, 9.17) is 0 Å². The first-order valence-corrected chi connectivity index (χ1v) is 20.2. The summed E-state index contributed by atoms with van der Waals surface area (Å²) in [5.41, 5.74) is 14.7. The first kappa shape index (κ1) is 33.9. The minimum Gasteiger partial charge on any atom is -0.313 e. The third kappa shape index (κ3) is 5.98. The Bertz CT molecular complexity index is 3200. The fourth-order valence-electron chi connectivity index (χ4n) is 8.97. The quantitative estimate of drug-likeness (QED) is 0.158. The number of rotatable bonds is 7. The minimum absolute atomic E-state index is 0.965. The molecule has 9 aromatic carbocycles. The third-order valence-corrected chi connectivity index (χ3v) is 11.9. The highest BCUT2D eigenvalue weighted by molar-refractivity contribution is 6.14. The van der Waals surface area contributed by atoms with Crippen molar-refractivity contribution in [1.29, 1.82) is 0 Å². The average molecular weight is 741 g/mol. The summed E-state index contributed by atoms with van der Waals surface area (Å²) in [4.78, 5) is 2.41. The molecular formula is C56H40N2. The van der Waals surface area contributed by atoms with Gasteiger partial charge in [0.25, 0.3) is 0 Å². The van der Waals surface area contributed by atoms with E-state index < -0.39 is 0 Å². The molecule has 0 atom stereocenters. The number of hydrogen-bond donors (Lipinski definition) is 0. The van der Waals surface area contributed by atoms with Crippen LogP contribution < -0.4 is 4.90 Å². The van der Waals surface area contributed by atoms with Crippen molar-refractivity contribution in [2.75, 3.05) is 4.90 Å². The Kier molecular flexibility index (Phi) is 8.33. The van der Waals surface area contributed by atoms with E-state index in [1.165, 1.54) is 82.4 Å². The molecule has 0 fully saturated rings. The normalized spacial score (nSPS) is 12.9. The van der Waals surface area contributed by atoms with Crippen LogP contribution in [0, 0.1) is 0 Å². The van der Waals surface area contributed by atoms with Crippen molar-refractivity contribution in [2.24, 2.45) is 0 Å². The molecule has 2 nitrogen and oxygen atoms in total. The van der Waals surface area contributed by atoms with Gasteiger partial charge in [0.05, 0.1) is 16.7 Å². The average Bonchev–Trinajstić information content (AvgIpc) is 3.62. The maximum Gasteiger partial charge on any atom is 0.0544 e. The number of benzene rings is 9. The molecule has 0 spiro atoms. The lowest BCUT2D eigenvalue weighted by atomic mass is 9.95. The number of anilines is 3. The van der Waals surface area contributed by atoms with Gasteiger partial charge in [0, 0.05) is 33.4 Å². The largest absolute Gasteiger partial charge is 0.313 e. The van der Waals surface area contributed by atoms with Crippen molar-refractivity contribution in [1.82, 2.24) is 4.57 Å². The second-order valence-electron chi connectivity index (χ2n) is 15.3. The van der Waals surface area contributed by atoms with Crippen LogP contribution in [0.5, 0.6) is 0 Å². The molecule has 1 aromatic heterocycles. The molecule has 0 aliphatic heterocycles. The fourth-order valence-corrected chi connectivity index (χ4v) is 8.97. The lowest BCUT2D eigenvalue weighted by Crippen LogP contribution is -2.11. The predicted molar refractivity (Wildman–Crippen MR) is 248 cm³/mol. The Balaban J connectivity index is 0.975. The Morgan fingerprint density at radius 2 is 0.948 bits per heavy atom. The summed E-state index contributed by atoms with van der Waals surface area (Å²) < 4.78 is 2.49. The number of hydrogen-bond acceptors (Lipinski definition) is 1. The van der Waals surface area contributed by atoms with Gasteiger partial charge in [-0.3, -0.25) is 0 Å². The summed E-state index contributed by atoms with van der Waals surface area (Å²) in [5, 5.41) is 7.64. The van der Waals surface area contributed by atoms with Crippen LogP contribution in [0.2, 0.25) is 0 Å². The Morgan fingerprint density at radius 1 is 0.362 bits per heavy atom. The SMILES string of the molecule is C1=C(c2ccc(N(c3ccc(-c4ccccc4)cc3)c3ccccc3-c3ccc4ccccc4c3)cc2)CCC(n2c3ccccc3c3cc4ccccc4cc32)=C1. The molecule has 0 N–H and O–H groups in total. The molecular weight excluding hydrogens is 701 g/mol. The van der Waals surface area contributed by atoms with Gasteiger partial charge in [0.2, 0.25) is 0 Å². The van der Waals surface area contributed by atoms with Gasteiger partial charge in [-0.15, -0.1) is 0 Å². The standard InChI is InChI=1S/C56H40N2/c1-2-12-39(13-3-1)41-24-30-48(31-25-41)57(54-20-10-8-18-51(54)47-23-22-40-14-4-5-15-44(40)36-47)49-32-26-42(27-33-49)43-28-34-50(35-29-43)58-55-21-11-9-19-52(55)53-37-45-16-6-7-17-46(45)38-56(53)58/h1-28,30-34,36-38H,29,35H2. The first-order valence-electron chi connectivity index (χ1n) is 20.2. The van der Waals surface area contributed by atoms with Crippen LogP contribution in [0.4, 0.5) is 17.1 Å². The van der Waals surface area contributed by atoms with Crippen LogP contribution in [0.1, 0.15) is 18.4 Å². The molecule has 0 amide bonds. The summed E-state index contributed by atoms with van der Waals surface area (Å²) in [6.45, 7) is 0. The van der Waals surface area contributed by atoms with Gasteiger partial charge in [-0.2, -0.15) is 0 Å². The molecule has 0 saturated carbocycles. The molecule has 0 unspecified atom stereocenters. The number of para-hydroxylation sites is 2. The van der Waals surface area contributed by atoms with E-state index in [1.54, 1.807) is 0 Å². The van der Waals surface area contributed by atoms with E-state index >= 15 is 0 Å². The van der Waals surface area contributed by atoms with E-state index in [2.05, 4.69) is 228 Å². The zero-order chi connectivity index (χ0) is 38.4. The van der Waals surface area contributed by atoms with E-state index in [1.807, 2.05) is 0 Å². The Hall–Kier alpha value is -7.42. The number of aromatic nitrogens is 1. The first-order chi connectivity index (χ1) is 28.7. The van der Waals surface area contributed by atoms with Gasteiger partial charge in [-0.1, -0.05) is 158 Å². The van der Waals surface area contributed by atoms with Gasteiger partial charge in [0.1, 0.15) is 0 Å². The zero-order valence-electron chi connectivity index (χ0n) is 32.1. The molecule has 11 rings (SSSR count). The molecule has 1 aliphatic rings. The molecule has 0 radical (unpaired) electrons. The number of allylic oxidation sites excluding steroid dienone is 4. The second kappa shape index (κ2) is 14.3. The maximum atomic E-state index is 2.49. The highest BCUT2D eigenvalue weighted by Crippen LogP contribution is 2.43. The fraction of sp³-hybridized carbons (Fsp3) is 0.0357. The van der Waals surface area contributed by atoms with E-state index in [9.17, 15) is 0 Å².